The van der Waals surface area contributed by atoms with Crippen molar-refractivity contribution in [2.45, 2.75) is 25.8 Å². The van der Waals surface area contributed by atoms with Crippen molar-refractivity contribution in [3.05, 3.63) is 30.4 Å². The number of hydrogen-bond donors (Lipinski definition) is 0. The number of aryl methyl sites for hydroxylation is 2. The minimum absolute atomic E-state index is 0.357. The minimum atomic E-state index is 0.357. The Hall–Kier alpha value is -2.77. The van der Waals surface area contributed by atoms with E-state index in [1.165, 1.54) is 0 Å². The molecule has 0 amide bonds. The first-order valence-electron chi connectivity index (χ1n) is 8.54. The first kappa shape index (κ1) is 15.7. The van der Waals surface area contributed by atoms with Crippen molar-refractivity contribution in [1.29, 1.82) is 0 Å². The Morgan fingerprint density at radius 3 is 2.88 bits per heavy atom. The highest BCUT2D eigenvalue weighted by Crippen LogP contribution is 2.27. The summed E-state index contributed by atoms with van der Waals surface area (Å²) >= 11 is 0. The number of anilines is 2. The number of likely N-dealkylation sites (N-methyl/N-ethyl adjacent to an activating group) is 1. The molecular formula is C17H22N8. The molecule has 0 unspecified atom stereocenters. The molecule has 0 saturated carbocycles. The van der Waals surface area contributed by atoms with Crippen LogP contribution in [0.1, 0.15) is 18.5 Å². The van der Waals surface area contributed by atoms with Gasteiger partial charge >= 0.3 is 0 Å². The molecule has 0 aromatic carbocycles. The predicted octanol–water partition coefficient (Wildman–Crippen LogP) is 1.57. The van der Waals surface area contributed by atoms with Crippen LogP contribution in [0.3, 0.4) is 0 Å². The second-order valence-electron chi connectivity index (χ2n) is 6.59. The molecule has 0 aliphatic carbocycles. The topological polar surface area (TPSA) is 75.9 Å². The molecular weight excluding hydrogens is 316 g/mol. The average Bonchev–Trinajstić information content (AvgIpc) is 3.03. The summed E-state index contributed by atoms with van der Waals surface area (Å²) in [7, 11) is 4.00. The van der Waals surface area contributed by atoms with Gasteiger partial charge in [0.1, 0.15) is 12.1 Å². The molecule has 0 N–H and O–H groups in total. The van der Waals surface area contributed by atoms with Gasteiger partial charge in [0.15, 0.2) is 11.5 Å². The smallest absolute Gasteiger partial charge is 0.163 e. The van der Waals surface area contributed by atoms with Gasteiger partial charge in [0.25, 0.3) is 0 Å². The quantitative estimate of drug-likeness (QED) is 0.717. The van der Waals surface area contributed by atoms with Gasteiger partial charge in [-0.2, -0.15) is 10.2 Å². The van der Waals surface area contributed by atoms with Crippen molar-refractivity contribution < 1.29 is 0 Å². The lowest BCUT2D eigenvalue weighted by molar-refractivity contribution is 0.483. The lowest BCUT2D eigenvalue weighted by atomic mass is 10.0. The lowest BCUT2D eigenvalue weighted by Crippen LogP contribution is -2.47. The third-order valence-corrected chi connectivity index (χ3v) is 4.89. The lowest BCUT2D eigenvalue weighted by Gasteiger charge is -2.38. The van der Waals surface area contributed by atoms with E-state index >= 15 is 0 Å². The number of piperidine rings is 1. The molecule has 1 aliphatic rings. The summed E-state index contributed by atoms with van der Waals surface area (Å²) in [6.45, 7) is 3.87. The largest absolute Gasteiger partial charge is 0.354 e. The van der Waals surface area contributed by atoms with Crippen molar-refractivity contribution in [2.75, 3.05) is 29.9 Å². The maximum atomic E-state index is 4.52. The van der Waals surface area contributed by atoms with Crippen LogP contribution < -0.4 is 9.80 Å². The van der Waals surface area contributed by atoms with Crippen LogP contribution in [0, 0.1) is 6.92 Å². The fourth-order valence-electron chi connectivity index (χ4n) is 3.44. The normalized spacial score (nSPS) is 17.9. The zero-order chi connectivity index (χ0) is 17.4. The van der Waals surface area contributed by atoms with Crippen LogP contribution in [-0.2, 0) is 7.05 Å². The second-order valence-corrected chi connectivity index (χ2v) is 6.59. The Kier molecular flexibility index (Phi) is 3.95. The van der Waals surface area contributed by atoms with E-state index in [9.17, 15) is 0 Å². The molecule has 4 rings (SSSR count). The third kappa shape index (κ3) is 2.88. The standard InChI is InChI=1S/C17H22N8/c1-12-6-7-15(22-21-12)25-8-4-5-13(10-25)23(2)16-14-9-20-24(3)17(14)19-11-18-16/h6-7,9,11,13H,4-5,8,10H2,1-3H3/t13-/m0/s1. The fourth-order valence-corrected chi connectivity index (χ4v) is 3.44. The highest BCUT2D eigenvalue weighted by atomic mass is 15.3. The van der Waals surface area contributed by atoms with Gasteiger partial charge in [-0.05, 0) is 31.9 Å². The minimum Gasteiger partial charge on any atom is -0.354 e. The zero-order valence-electron chi connectivity index (χ0n) is 14.8. The summed E-state index contributed by atoms with van der Waals surface area (Å²) in [6.07, 6.45) is 5.69. The monoisotopic (exact) mass is 338 g/mol. The molecule has 0 bridgehead atoms. The van der Waals surface area contributed by atoms with Crippen LogP contribution in [0.25, 0.3) is 11.0 Å². The number of aromatic nitrogens is 6. The van der Waals surface area contributed by atoms with Gasteiger partial charge < -0.3 is 9.80 Å². The summed E-state index contributed by atoms with van der Waals surface area (Å²) in [5.41, 5.74) is 1.79. The molecule has 0 spiro atoms. The van der Waals surface area contributed by atoms with E-state index in [2.05, 4.69) is 48.2 Å². The Morgan fingerprint density at radius 1 is 1.20 bits per heavy atom. The van der Waals surface area contributed by atoms with E-state index in [1.54, 1.807) is 11.0 Å². The van der Waals surface area contributed by atoms with Gasteiger partial charge in [-0.1, -0.05) is 0 Å². The van der Waals surface area contributed by atoms with E-state index in [0.29, 0.717) is 6.04 Å². The number of fused-ring (bicyclic) bond motifs is 1. The molecule has 3 aromatic rings. The van der Waals surface area contributed by atoms with Gasteiger partial charge in [0.05, 0.1) is 17.3 Å². The average molecular weight is 338 g/mol. The van der Waals surface area contributed by atoms with Crippen LogP contribution in [0.4, 0.5) is 11.6 Å². The van der Waals surface area contributed by atoms with E-state index in [4.69, 9.17) is 0 Å². The predicted molar refractivity (Wildman–Crippen MR) is 96.7 cm³/mol. The van der Waals surface area contributed by atoms with E-state index in [0.717, 1.165) is 54.3 Å². The Morgan fingerprint density at radius 2 is 2.08 bits per heavy atom. The van der Waals surface area contributed by atoms with Gasteiger partial charge in [-0.15, -0.1) is 5.10 Å². The number of nitrogens with zero attached hydrogens (tertiary/aromatic N) is 8. The highest BCUT2D eigenvalue weighted by molar-refractivity contribution is 5.86. The van der Waals surface area contributed by atoms with Crippen LogP contribution in [0.15, 0.2) is 24.7 Å². The summed E-state index contributed by atoms with van der Waals surface area (Å²) in [6, 6.07) is 4.42. The van der Waals surface area contributed by atoms with Crippen molar-refractivity contribution in [3.63, 3.8) is 0 Å². The molecule has 0 radical (unpaired) electrons. The molecule has 3 aromatic heterocycles. The van der Waals surface area contributed by atoms with Gasteiger partial charge in [0, 0.05) is 33.2 Å². The second kappa shape index (κ2) is 6.27. The molecule has 130 valence electrons. The number of hydrogen-bond acceptors (Lipinski definition) is 7. The fraction of sp³-hybridized carbons (Fsp3) is 0.471. The summed E-state index contributed by atoms with van der Waals surface area (Å²) in [5, 5.41) is 13.8. The van der Waals surface area contributed by atoms with E-state index in [1.807, 2.05) is 26.2 Å². The van der Waals surface area contributed by atoms with Crippen molar-refractivity contribution in [3.8, 4) is 0 Å². The Labute approximate surface area is 146 Å². The van der Waals surface area contributed by atoms with Crippen molar-refractivity contribution >= 4 is 22.7 Å². The molecule has 1 fully saturated rings. The zero-order valence-corrected chi connectivity index (χ0v) is 14.8. The van der Waals surface area contributed by atoms with Gasteiger partial charge in [0.2, 0.25) is 0 Å². The van der Waals surface area contributed by atoms with Crippen LogP contribution in [0.5, 0.6) is 0 Å². The SMILES string of the molecule is Cc1ccc(N2CCC[C@H](N(C)c3ncnc4c3cnn4C)C2)nn1. The summed E-state index contributed by atoms with van der Waals surface area (Å²) in [4.78, 5) is 13.4. The number of rotatable bonds is 3. The molecule has 4 heterocycles. The van der Waals surface area contributed by atoms with Gasteiger partial charge in [-0.25, -0.2) is 9.97 Å². The molecule has 1 saturated heterocycles. The van der Waals surface area contributed by atoms with Gasteiger partial charge in [-0.3, -0.25) is 4.68 Å². The van der Waals surface area contributed by atoms with Crippen LogP contribution >= 0.6 is 0 Å². The molecule has 8 heteroatoms. The van der Waals surface area contributed by atoms with Crippen molar-refractivity contribution in [2.24, 2.45) is 7.05 Å². The van der Waals surface area contributed by atoms with E-state index < -0.39 is 0 Å². The highest BCUT2D eigenvalue weighted by Gasteiger charge is 2.26. The maximum absolute atomic E-state index is 4.52. The van der Waals surface area contributed by atoms with Crippen molar-refractivity contribution in [1.82, 2.24) is 29.9 Å². The van der Waals surface area contributed by atoms with Crippen LogP contribution in [0.2, 0.25) is 0 Å². The summed E-state index contributed by atoms with van der Waals surface area (Å²) in [5.74, 6) is 1.87. The first-order chi connectivity index (χ1) is 12.1. The first-order valence-corrected chi connectivity index (χ1v) is 8.54. The molecule has 8 nitrogen and oxygen atoms in total. The summed E-state index contributed by atoms with van der Waals surface area (Å²) < 4.78 is 1.78. The molecule has 1 atom stereocenters. The van der Waals surface area contributed by atoms with E-state index in [-0.39, 0.29) is 0 Å². The molecule has 25 heavy (non-hydrogen) atoms. The third-order valence-electron chi connectivity index (χ3n) is 4.89. The van der Waals surface area contributed by atoms with Crippen LogP contribution in [-0.4, -0.2) is 56.1 Å². The Balaban J connectivity index is 1.59. The Bertz CT molecular complexity index is 872. The maximum Gasteiger partial charge on any atom is 0.163 e. The molecule has 1 aliphatic heterocycles.